The summed E-state index contributed by atoms with van der Waals surface area (Å²) in [6.07, 6.45) is 0. The molecule has 338 valence electrons. The van der Waals surface area contributed by atoms with Crippen LogP contribution in [0, 0.1) is 13.8 Å². The molecule has 5 nitrogen and oxygen atoms in total. The second-order valence-electron chi connectivity index (χ2n) is 18.4. The predicted molar refractivity (Wildman–Crippen MR) is 295 cm³/mol. The lowest BCUT2D eigenvalue weighted by Crippen LogP contribution is -2.10. The van der Waals surface area contributed by atoms with Crippen LogP contribution in [0.25, 0.3) is 88.0 Å². The van der Waals surface area contributed by atoms with Crippen LogP contribution in [0.4, 0.5) is 34.1 Å². The molecule has 0 amide bonds. The molecule has 0 radical (unpaired) electrons. The topological polar surface area (TPSA) is 53.0 Å². The van der Waals surface area contributed by atoms with Gasteiger partial charge in [0.15, 0.2) is 5.58 Å². The first-order valence-electron chi connectivity index (χ1n) is 24.0. The maximum absolute atomic E-state index is 11.8. The van der Waals surface area contributed by atoms with Crippen LogP contribution in [0.5, 0.6) is 5.75 Å². The standard InChI is InChI=1S/C66H46N2O3/c1-42-29-33-47(34-30-42)67(59-28-14-27-57-56-26-13-25-53(65(56)71-66(57)59)45-17-7-4-8-18-45)50-37-38-58-61(40-50)70-62-41-60(54-21-9-10-22-55(54)63(58)62)68(48-35-31-43(2)32-36-48)49-20-11-19-46(39-49)52-24-12-23-51(64(52)69)44-15-5-3-6-16-44/h3-41,69H,1-2H3. The number of benzene rings is 11. The zero-order chi connectivity index (χ0) is 47.6. The Morgan fingerprint density at radius 1 is 0.324 bits per heavy atom. The first kappa shape index (κ1) is 41.8. The molecule has 0 bridgehead atoms. The van der Waals surface area contributed by atoms with Crippen molar-refractivity contribution >= 4 is 88.8 Å². The van der Waals surface area contributed by atoms with Crippen molar-refractivity contribution in [3.63, 3.8) is 0 Å². The van der Waals surface area contributed by atoms with Gasteiger partial charge < -0.3 is 23.7 Å². The van der Waals surface area contributed by atoms with E-state index in [1.165, 1.54) is 11.1 Å². The van der Waals surface area contributed by atoms with Gasteiger partial charge in [0.25, 0.3) is 0 Å². The summed E-state index contributed by atoms with van der Waals surface area (Å²) in [5.74, 6) is 0.249. The highest BCUT2D eigenvalue weighted by Crippen LogP contribution is 2.49. The van der Waals surface area contributed by atoms with Gasteiger partial charge in [-0.3, -0.25) is 0 Å². The van der Waals surface area contributed by atoms with Gasteiger partial charge >= 0.3 is 0 Å². The van der Waals surface area contributed by atoms with Crippen molar-refractivity contribution in [1.29, 1.82) is 0 Å². The summed E-state index contributed by atoms with van der Waals surface area (Å²) in [4.78, 5) is 4.58. The Kier molecular flexibility index (Phi) is 10.0. The zero-order valence-corrected chi connectivity index (χ0v) is 39.2. The summed E-state index contributed by atoms with van der Waals surface area (Å²) in [7, 11) is 0. The minimum absolute atomic E-state index is 0.249. The summed E-state index contributed by atoms with van der Waals surface area (Å²) < 4.78 is 14.1. The molecule has 0 aliphatic carbocycles. The van der Waals surface area contributed by atoms with Gasteiger partial charge in [-0.1, -0.05) is 181 Å². The highest BCUT2D eigenvalue weighted by atomic mass is 16.3. The van der Waals surface area contributed by atoms with E-state index in [1.54, 1.807) is 0 Å². The second-order valence-corrected chi connectivity index (χ2v) is 18.4. The molecule has 0 atom stereocenters. The van der Waals surface area contributed by atoms with Crippen LogP contribution in [0.2, 0.25) is 0 Å². The van der Waals surface area contributed by atoms with E-state index in [1.807, 2.05) is 54.6 Å². The number of fused-ring (bicyclic) bond motifs is 8. The molecule has 2 aromatic heterocycles. The van der Waals surface area contributed by atoms with E-state index >= 15 is 0 Å². The first-order valence-corrected chi connectivity index (χ1v) is 24.0. The number of aromatic hydroxyl groups is 1. The van der Waals surface area contributed by atoms with Crippen molar-refractivity contribution in [2.45, 2.75) is 13.8 Å². The molecule has 2 heterocycles. The highest BCUT2D eigenvalue weighted by molar-refractivity contribution is 6.23. The average molecular weight is 915 g/mol. The Hall–Kier alpha value is -9.32. The lowest BCUT2D eigenvalue weighted by atomic mass is 9.96. The third-order valence-electron chi connectivity index (χ3n) is 13.9. The van der Waals surface area contributed by atoms with E-state index in [2.05, 4.69) is 206 Å². The van der Waals surface area contributed by atoms with E-state index in [-0.39, 0.29) is 5.75 Å². The molecule has 0 fully saturated rings. The smallest absolute Gasteiger partial charge is 0.159 e. The summed E-state index contributed by atoms with van der Waals surface area (Å²) in [5, 5.41) is 18.2. The van der Waals surface area contributed by atoms with Crippen LogP contribution in [0.3, 0.4) is 0 Å². The highest BCUT2D eigenvalue weighted by Gasteiger charge is 2.25. The maximum Gasteiger partial charge on any atom is 0.159 e. The summed E-state index contributed by atoms with van der Waals surface area (Å²) >= 11 is 0. The van der Waals surface area contributed by atoms with Gasteiger partial charge in [-0.2, -0.15) is 0 Å². The normalized spacial score (nSPS) is 11.6. The molecule has 5 heteroatoms. The lowest BCUT2D eigenvalue weighted by Gasteiger charge is -2.27. The molecule has 1 N–H and O–H groups in total. The van der Waals surface area contributed by atoms with Crippen LogP contribution in [-0.2, 0) is 0 Å². The number of para-hydroxylation sites is 3. The first-order chi connectivity index (χ1) is 34.9. The van der Waals surface area contributed by atoms with Crippen molar-refractivity contribution < 1.29 is 13.9 Å². The summed E-state index contributed by atoms with van der Waals surface area (Å²) in [6.45, 7) is 4.23. The van der Waals surface area contributed by atoms with Crippen molar-refractivity contribution in [2.24, 2.45) is 0 Å². The number of aryl methyl sites for hydroxylation is 2. The van der Waals surface area contributed by atoms with Gasteiger partial charge in [-0.25, -0.2) is 0 Å². The monoisotopic (exact) mass is 914 g/mol. The Morgan fingerprint density at radius 2 is 0.831 bits per heavy atom. The van der Waals surface area contributed by atoms with Gasteiger partial charge in [0, 0.05) is 72.8 Å². The summed E-state index contributed by atoms with van der Waals surface area (Å²) in [6, 6.07) is 82.4. The third kappa shape index (κ3) is 7.17. The number of anilines is 6. The molecule has 0 saturated heterocycles. The average Bonchev–Trinajstić information content (AvgIpc) is 3.99. The van der Waals surface area contributed by atoms with Crippen LogP contribution in [0.15, 0.2) is 245 Å². The molecule has 0 aliphatic rings. The molecular formula is C66H46N2O3. The van der Waals surface area contributed by atoms with E-state index in [4.69, 9.17) is 8.83 Å². The van der Waals surface area contributed by atoms with Crippen molar-refractivity contribution in [3.05, 3.63) is 248 Å². The Labute approximate surface area is 411 Å². The van der Waals surface area contributed by atoms with Gasteiger partial charge in [0.1, 0.15) is 22.5 Å². The number of furan rings is 2. The SMILES string of the molecule is Cc1ccc(N(c2cccc(-c3cccc(-c4ccccc4)c3O)c2)c2cc3oc4cc(N(c5ccc(C)cc5)c5cccc6c5oc5c(-c7ccccc7)cccc56)ccc4c3c3ccccc23)cc1. The van der Waals surface area contributed by atoms with Gasteiger partial charge in [-0.05, 0) is 90.5 Å². The van der Waals surface area contributed by atoms with Crippen LogP contribution in [-0.4, -0.2) is 5.11 Å². The molecule has 0 spiro atoms. The Balaban J connectivity index is 0.982. The van der Waals surface area contributed by atoms with Crippen molar-refractivity contribution in [3.8, 4) is 39.1 Å². The van der Waals surface area contributed by atoms with E-state index in [0.717, 1.165) is 122 Å². The van der Waals surface area contributed by atoms with Crippen LogP contribution >= 0.6 is 0 Å². The largest absolute Gasteiger partial charge is 0.507 e. The minimum atomic E-state index is 0.249. The number of phenols is 1. The Morgan fingerprint density at radius 3 is 1.54 bits per heavy atom. The molecular weight excluding hydrogens is 869 g/mol. The third-order valence-corrected chi connectivity index (χ3v) is 13.9. The fourth-order valence-electron chi connectivity index (χ4n) is 10.4. The van der Waals surface area contributed by atoms with E-state index in [0.29, 0.717) is 0 Å². The molecule has 11 aromatic carbocycles. The van der Waals surface area contributed by atoms with Crippen molar-refractivity contribution in [1.82, 2.24) is 0 Å². The minimum Gasteiger partial charge on any atom is -0.507 e. The Bertz CT molecular complexity index is 4140. The van der Waals surface area contributed by atoms with Gasteiger partial charge in [-0.15, -0.1) is 0 Å². The molecule has 0 unspecified atom stereocenters. The predicted octanol–water partition coefficient (Wildman–Crippen LogP) is 18.9. The lowest BCUT2D eigenvalue weighted by molar-refractivity contribution is 0.479. The number of phenolic OH excluding ortho intramolecular Hbond substituents is 1. The maximum atomic E-state index is 11.8. The number of hydrogen-bond donors (Lipinski definition) is 1. The number of hydrogen-bond acceptors (Lipinski definition) is 5. The second kappa shape index (κ2) is 17.0. The number of nitrogens with zero attached hydrogens (tertiary/aromatic N) is 2. The zero-order valence-electron chi connectivity index (χ0n) is 39.2. The molecule has 0 aliphatic heterocycles. The molecule has 13 aromatic rings. The number of rotatable bonds is 9. The van der Waals surface area contributed by atoms with Gasteiger partial charge in [0.05, 0.1) is 17.1 Å². The van der Waals surface area contributed by atoms with Crippen molar-refractivity contribution in [2.75, 3.05) is 9.80 Å². The fourth-order valence-corrected chi connectivity index (χ4v) is 10.4. The van der Waals surface area contributed by atoms with E-state index in [9.17, 15) is 5.11 Å². The van der Waals surface area contributed by atoms with E-state index < -0.39 is 0 Å². The van der Waals surface area contributed by atoms with Gasteiger partial charge in [0.2, 0.25) is 0 Å². The molecule has 13 rings (SSSR count). The fraction of sp³-hybridized carbons (Fsp3) is 0.0303. The summed E-state index contributed by atoms with van der Waals surface area (Å²) in [5.41, 5.74) is 17.0. The van der Waals surface area contributed by atoms with Crippen LogP contribution < -0.4 is 9.80 Å². The molecule has 0 saturated carbocycles. The molecule has 71 heavy (non-hydrogen) atoms. The van der Waals surface area contributed by atoms with Crippen LogP contribution in [0.1, 0.15) is 11.1 Å². The quantitative estimate of drug-likeness (QED) is 0.156.